The fourth-order valence-electron chi connectivity index (χ4n) is 3.03. The molecule has 0 bridgehead atoms. The van der Waals surface area contributed by atoms with Crippen molar-refractivity contribution in [1.82, 2.24) is 9.47 Å². The fraction of sp³-hybridized carbons (Fsp3) is 0.706. The maximum Gasteiger partial charge on any atom is 0.178 e. The van der Waals surface area contributed by atoms with E-state index in [1.54, 1.807) is 0 Å². The molecule has 1 saturated heterocycles. The smallest absolute Gasteiger partial charge is 0.178 e. The van der Waals surface area contributed by atoms with E-state index in [1.807, 2.05) is 20.0 Å². The molecule has 2 heterocycles. The zero-order valence-electron chi connectivity index (χ0n) is 13.6. The van der Waals surface area contributed by atoms with Gasteiger partial charge in [0.25, 0.3) is 0 Å². The summed E-state index contributed by atoms with van der Waals surface area (Å²) in [7, 11) is 2.02. The van der Waals surface area contributed by atoms with Gasteiger partial charge in [0, 0.05) is 24.0 Å². The highest BCUT2D eigenvalue weighted by Gasteiger charge is 2.29. The van der Waals surface area contributed by atoms with Gasteiger partial charge in [-0.1, -0.05) is 20.3 Å². The van der Waals surface area contributed by atoms with Crippen molar-refractivity contribution in [3.8, 4) is 0 Å². The van der Waals surface area contributed by atoms with E-state index < -0.39 is 0 Å². The van der Waals surface area contributed by atoms with Crippen molar-refractivity contribution in [3.05, 3.63) is 23.0 Å². The first-order valence-corrected chi connectivity index (χ1v) is 7.75. The molecule has 0 saturated carbocycles. The number of nitrogens with zero attached hydrogens (tertiary/aromatic N) is 2. The standard InChI is InChI=1S/C17H28N2O/c1-6-17(4)7-9-19(10-8-17)12-16(20)15-11-13(2)18(5)14(15)3/h11H,6-10,12H2,1-5H3. The number of likely N-dealkylation sites (tertiary alicyclic amines) is 1. The van der Waals surface area contributed by atoms with E-state index in [2.05, 4.69) is 30.2 Å². The van der Waals surface area contributed by atoms with Crippen LogP contribution in [0.3, 0.4) is 0 Å². The molecule has 112 valence electrons. The van der Waals surface area contributed by atoms with Gasteiger partial charge in [-0.3, -0.25) is 9.69 Å². The Morgan fingerprint density at radius 1 is 1.30 bits per heavy atom. The number of carbonyl (C=O) groups excluding carboxylic acids is 1. The Balaban J connectivity index is 1.98. The number of carbonyl (C=O) groups is 1. The lowest BCUT2D eigenvalue weighted by Crippen LogP contribution is -2.41. The van der Waals surface area contributed by atoms with Crippen molar-refractivity contribution in [2.24, 2.45) is 12.5 Å². The van der Waals surface area contributed by atoms with E-state index >= 15 is 0 Å². The van der Waals surface area contributed by atoms with Crippen LogP contribution in [0.5, 0.6) is 0 Å². The molecular weight excluding hydrogens is 248 g/mol. The van der Waals surface area contributed by atoms with E-state index in [9.17, 15) is 4.79 Å². The lowest BCUT2D eigenvalue weighted by Gasteiger charge is -2.38. The van der Waals surface area contributed by atoms with Crippen molar-refractivity contribution in [1.29, 1.82) is 0 Å². The van der Waals surface area contributed by atoms with E-state index in [-0.39, 0.29) is 5.78 Å². The van der Waals surface area contributed by atoms with Gasteiger partial charge < -0.3 is 4.57 Å². The van der Waals surface area contributed by atoms with Gasteiger partial charge in [-0.2, -0.15) is 0 Å². The molecule has 20 heavy (non-hydrogen) atoms. The zero-order valence-corrected chi connectivity index (χ0v) is 13.6. The summed E-state index contributed by atoms with van der Waals surface area (Å²) in [5.41, 5.74) is 3.62. The van der Waals surface area contributed by atoms with Gasteiger partial charge in [-0.15, -0.1) is 0 Å². The van der Waals surface area contributed by atoms with Crippen LogP contribution in [0, 0.1) is 19.3 Å². The van der Waals surface area contributed by atoms with Gasteiger partial charge in [0.05, 0.1) is 6.54 Å². The molecule has 3 nitrogen and oxygen atoms in total. The average Bonchev–Trinajstić information content (AvgIpc) is 2.69. The second-order valence-electron chi connectivity index (χ2n) is 6.71. The predicted octanol–water partition coefficient (Wildman–Crippen LogP) is 3.34. The van der Waals surface area contributed by atoms with Crippen LogP contribution in [-0.2, 0) is 7.05 Å². The monoisotopic (exact) mass is 276 g/mol. The van der Waals surface area contributed by atoms with Crippen molar-refractivity contribution in [3.63, 3.8) is 0 Å². The normalized spacial score (nSPS) is 19.2. The van der Waals surface area contributed by atoms with Crippen molar-refractivity contribution >= 4 is 5.78 Å². The van der Waals surface area contributed by atoms with Gasteiger partial charge in [0.15, 0.2) is 5.78 Å². The second-order valence-corrected chi connectivity index (χ2v) is 6.71. The summed E-state index contributed by atoms with van der Waals surface area (Å²) in [4.78, 5) is 14.8. The highest BCUT2D eigenvalue weighted by atomic mass is 16.1. The Hall–Kier alpha value is -1.09. The summed E-state index contributed by atoms with van der Waals surface area (Å²) in [5.74, 6) is 0.270. The molecule has 0 amide bonds. The van der Waals surface area contributed by atoms with Crippen molar-refractivity contribution in [2.45, 2.75) is 47.0 Å². The summed E-state index contributed by atoms with van der Waals surface area (Å²) in [6.45, 7) is 11.4. The molecule has 1 aliphatic rings. The second kappa shape index (κ2) is 5.72. The first kappa shape index (κ1) is 15.3. The number of hydrogen-bond donors (Lipinski definition) is 0. The molecule has 0 radical (unpaired) electrons. The van der Waals surface area contributed by atoms with E-state index in [0.29, 0.717) is 12.0 Å². The number of rotatable bonds is 4. The molecule has 0 atom stereocenters. The minimum absolute atomic E-state index is 0.270. The molecule has 0 spiro atoms. The first-order chi connectivity index (χ1) is 9.36. The molecule has 0 unspecified atom stereocenters. The van der Waals surface area contributed by atoms with E-state index in [0.717, 1.165) is 30.0 Å². The third-order valence-corrected chi connectivity index (χ3v) is 5.36. The molecule has 0 aliphatic carbocycles. The van der Waals surface area contributed by atoms with Crippen molar-refractivity contribution in [2.75, 3.05) is 19.6 Å². The molecule has 2 rings (SSSR count). The summed E-state index contributed by atoms with van der Waals surface area (Å²) in [5, 5.41) is 0. The minimum atomic E-state index is 0.270. The van der Waals surface area contributed by atoms with Crippen LogP contribution in [0.15, 0.2) is 6.07 Å². The lowest BCUT2D eigenvalue weighted by molar-refractivity contribution is 0.0812. The van der Waals surface area contributed by atoms with Gasteiger partial charge in [0.2, 0.25) is 0 Å². The Kier molecular flexibility index (Phi) is 4.38. The maximum absolute atomic E-state index is 12.5. The number of aromatic nitrogens is 1. The maximum atomic E-state index is 12.5. The Morgan fingerprint density at radius 3 is 2.35 bits per heavy atom. The van der Waals surface area contributed by atoms with Gasteiger partial charge in [-0.25, -0.2) is 0 Å². The average molecular weight is 276 g/mol. The molecular formula is C17H28N2O. The molecule has 1 aliphatic heterocycles. The summed E-state index contributed by atoms with van der Waals surface area (Å²) < 4.78 is 2.09. The number of piperidine rings is 1. The van der Waals surface area contributed by atoms with Crippen LogP contribution in [0.25, 0.3) is 0 Å². The fourth-order valence-corrected chi connectivity index (χ4v) is 3.03. The summed E-state index contributed by atoms with van der Waals surface area (Å²) in [6, 6.07) is 2.03. The Bertz CT molecular complexity index is 493. The lowest BCUT2D eigenvalue weighted by atomic mass is 9.78. The van der Waals surface area contributed by atoms with Crippen molar-refractivity contribution < 1.29 is 4.79 Å². The highest BCUT2D eigenvalue weighted by molar-refractivity contribution is 5.99. The van der Waals surface area contributed by atoms with Crippen LogP contribution >= 0.6 is 0 Å². The molecule has 0 aromatic carbocycles. The van der Waals surface area contributed by atoms with E-state index in [4.69, 9.17) is 0 Å². The van der Waals surface area contributed by atoms with E-state index in [1.165, 1.54) is 19.3 Å². The number of hydrogen-bond acceptors (Lipinski definition) is 2. The Labute approximate surface area is 123 Å². The van der Waals surface area contributed by atoms with Crippen LogP contribution in [0.2, 0.25) is 0 Å². The first-order valence-electron chi connectivity index (χ1n) is 7.75. The number of Topliss-reactive ketones (excluding diaryl/α,β-unsaturated/α-hetero) is 1. The SMILES string of the molecule is CCC1(C)CCN(CC(=O)c2cc(C)n(C)c2C)CC1. The minimum Gasteiger partial charge on any atom is -0.351 e. The summed E-state index contributed by atoms with van der Waals surface area (Å²) in [6.07, 6.45) is 3.67. The van der Waals surface area contributed by atoms with Crippen LogP contribution < -0.4 is 0 Å². The highest BCUT2D eigenvalue weighted by Crippen LogP contribution is 2.33. The van der Waals surface area contributed by atoms with Crippen LogP contribution in [0.1, 0.15) is 54.9 Å². The third kappa shape index (κ3) is 2.98. The molecule has 1 fully saturated rings. The largest absolute Gasteiger partial charge is 0.351 e. The Morgan fingerprint density at radius 2 is 1.90 bits per heavy atom. The molecule has 1 aromatic heterocycles. The van der Waals surface area contributed by atoms with Gasteiger partial charge in [-0.05, 0) is 51.3 Å². The van der Waals surface area contributed by atoms with Gasteiger partial charge in [0.1, 0.15) is 0 Å². The molecule has 3 heteroatoms. The number of aryl methyl sites for hydroxylation is 1. The molecule has 1 aromatic rings. The van der Waals surface area contributed by atoms with Gasteiger partial charge >= 0.3 is 0 Å². The topological polar surface area (TPSA) is 25.2 Å². The molecule has 0 N–H and O–H groups in total. The quantitative estimate of drug-likeness (QED) is 0.788. The summed E-state index contributed by atoms with van der Waals surface area (Å²) >= 11 is 0. The predicted molar refractivity (Wildman–Crippen MR) is 83.3 cm³/mol. The van der Waals surface area contributed by atoms with Crippen LogP contribution in [0.4, 0.5) is 0 Å². The third-order valence-electron chi connectivity index (χ3n) is 5.36. The number of ketones is 1. The zero-order chi connectivity index (χ0) is 14.9. The van der Waals surface area contributed by atoms with Crippen LogP contribution in [-0.4, -0.2) is 34.9 Å².